The van der Waals surface area contributed by atoms with Crippen LogP contribution in [0.25, 0.3) is 5.70 Å². The van der Waals surface area contributed by atoms with E-state index in [1.165, 1.54) is 5.56 Å². The molecule has 1 aliphatic heterocycles. The van der Waals surface area contributed by atoms with Crippen LogP contribution in [0.2, 0.25) is 0 Å². The molecule has 11 heteroatoms. The monoisotopic (exact) mass is 669 g/mol. The Balaban J connectivity index is 1.36. The van der Waals surface area contributed by atoms with E-state index in [0.717, 1.165) is 58.3 Å². The van der Waals surface area contributed by atoms with Crippen molar-refractivity contribution in [2.24, 2.45) is 5.92 Å². The highest BCUT2D eigenvalue weighted by Crippen LogP contribution is 2.49. The van der Waals surface area contributed by atoms with Crippen molar-refractivity contribution in [3.63, 3.8) is 0 Å². The zero-order chi connectivity index (χ0) is 35.0. The van der Waals surface area contributed by atoms with Crippen LogP contribution < -0.4 is 16.0 Å². The van der Waals surface area contributed by atoms with Gasteiger partial charge in [-0.05, 0) is 113 Å². The first kappa shape index (κ1) is 33.2. The number of nitrogens with one attached hydrogen (secondary N) is 4. The number of carbonyl (C=O) groups excluding carboxylic acids is 2. The van der Waals surface area contributed by atoms with E-state index in [9.17, 15) is 14.9 Å². The summed E-state index contributed by atoms with van der Waals surface area (Å²) in [7, 11) is 3.50. The Kier molecular flexibility index (Phi) is 8.97. The van der Waals surface area contributed by atoms with Gasteiger partial charge in [-0.15, -0.1) is 5.10 Å². The van der Waals surface area contributed by atoms with Crippen LogP contribution in [0, 0.1) is 24.2 Å². The molecule has 2 heterocycles. The zero-order valence-corrected chi connectivity index (χ0v) is 28.8. The van der Waals surface area contributed by atoms with Crippen LogP contribution >= 0.6 is 0 Å². The summed E-state index contributed by atoms with van der Waals surface area (Å²) in [4.78, 5) is 28.4. The van der Waals surface area contributed by atoms with E-state index in [-0.39, 0.29) is 36.5 Å². The summed E-state index contributed by atoms with van der Waals surface area (Å²) in [6.07, 6.45) is 4.31. The Morgan fingerprint density at radius 3 is 2.36 bits per heavy atom. The van der Waals surface area contributed by atoms with Crippen LogP contribution in [0.5, 0.6) is 0 Å². The Hall–Kier alpha value is -5.34. The maximum atomic E-state index is 13.8. The van der Waals surface area contributed by atoms with Gasteiger partial charge >= 0.3 is 0 Å². The second-order valence-corrected chi connectivity index (χ2v) is 13.9. The predicted molar refractivity (Wildman–Crippen MR) is 190 cm³/mol. The number of carbonyl (C=O) groups is 2. The molecule has 0 spiro atoms. The summed E-state index contributed by atoms with van der Waals surface area (Å²) < 4.78 is 0. The molecule has 1 saturated carbocycles. The lowest BCUT2D eigenvalue weighted by atomic mass is 9.67. The first-order valence-electron chi connectivity index (χ1n) is 17.4. The largest absolute Gasteiger partial charge is 0.388 e. The number of aromatic nitrogens is 4. The fourth-order valence-electron chi connectivity index (χ4n) is 8.23. The molecule has 256 valence electrons. The standard InChI is InChI=1S/C39H43N9O2/c1-23-5-7-25(8-6-23)15-31(43-22-36(49)48-32(21-40)18-30-19-35(30)48)20-39(38-44-46-47-45-38)33-13-11-26(24(2)41-3)16-27(33)9-10-28-17-29(37(50)42-4)12-14-34(28)39/h5-8,11-14,16-17,30-32,35,41,43H,2,9-10,15,18-20,22H2,1,3-4H3,(H,42,50)(H,44,45,46,47)/t30-,31-,32?,35?,39?/m1/s1. The molecule has 3 unspecified atom stereocenters. The second-order valence-electron chi connectivity index (χ2n) is 13.9. The van der Waals surface area contributed by atoms with Gasteiger partial charge in [-0.3, -0.25) is 9.59 Å². The van der Waals surface area contributed by atoms with Crippen LogP contribution in [-0.2, 0) is 29.5 Å². The van der Waals surface area contributed by atoms with Crippen molar-refractivity contribution in [1.82, 2.24) is 41.5 Å². The van der Waals surface area contributed by atoms with E-state index in [1.807, 2.05) is 30.1 Å². The third-order valence-electron chi connectivity index (χ3n) is 10.9. The first-order chi connectivity index (χ1) is 24.2. The normalized spacial score (nSPS) is 22.3. The predicted octanol–water partition coefficient (Wildman–Crippen LogP) is 3.59. The number of tetrazole rings is 1. The van der Waals surface area contributed by atoms with Gasteiger partial charge in [0.1, 0.15) is 6.04 Å². The Morgan fingerprint density at radius 2 is 1.72 bits per heavy atom. The summed E-state index contributed by atoms with van der Waals surface area (Å²) >= 11 is 0. The quantitative estimate of drug-likeness (QED) is 0.189. The van der Waals surface area contributed by atoms with E-state index in [4.69, 9.17) is 0 Å². The van der Waals surface area contributed by atoms with Gasteiger partial charge in [0.2, 0.25) is 5.91 Å². The van der Waals surface area contributed by atoms with Crippen molar-refractivity contribution in [2.75, 3.05) is 20.6 Å². The average molecular weight is 670 g/mol. The molecule has 7 rings (SSSR count). The fourth-order valence-corrected chi connectivity index (χ4v) is 8.23. The number of piperidine rings is 1. The minimum absolute atomic E-state index is 0.0436. The Bertz CT molecular complexity index is 1900. The highest BCUT2D eigenvalue weighted by Gasteiger charge is 2.54. The van der Waals surface area contributed by atoms with Gasteiger partial charge in [-0.25, -0.2) is 5.10 Å². The number of hydrogen-bond acceptors (Lipinski definition) is 8. The van der Waals surface area contributed by atoms with Crippen LogP contribution in [0.1, 0.15) is 74.4 Å². The van der Waals surface area contributed by atoms with E-state index in [2.05, 4.69) is 98.6 Å². The van der Waals surface area contributed by atoms with Gasteiger partial charge in [-0.2, -0.15) is 5.26 Å². The molecule has 50 heavy (non-hydrogen) atoms. The minimum atomic E-state index is -0.874. The fraction of sp³-hybridized carbons (Fsp3) is 0.385. The molecule has 3 aromatic carbocycles. The molecule has 2 fully saturated rings. The third kappa shape index (κ3) is 6.05. The summed E-state index contributed by atoms with van der Waals surface area (Å²) in [5.41, 5.74) is 8.05. The summed E-state index contributed by atoms with van der Waals surface area (Å²) in [6, 6.07) is 22.7. The van der Waals surface area contributed by atoms with Gasteiger partial charge in [-0.1, -0.05) is 54.6 Å². The van der Waals surface area contributed by atoms with Crippen molar-refractivity contribution in [2.45, 2.75) is 69.0 Å². The van der Waals surface area contributed by atoms with Crippen LogP contribution in [0.15, 0.2) is 67.2 Å². The van der Waals surface area contributed by atoms with Crippen LogP contribution in [0.4, 0.5) is 0 Å². The number of nitriles is 1. The molecule has 0 radical (unpaired) electrons. The summed E-state index contributed by atoms with van der Waals surface area (Å²) in [6.45, 7) is 6.40. The molecule has 5 atom stereocenters. The molecule has 4 N–H and O–H groups in total. The van der Waals surface area contributed by atoms with Gasteiger partial charge in [0.25, 0.3) is 5.91 Å². The third-order valence-corrected chi connectivity index (χ3v) is 10.9. The highest BCUT2D eigenvalue weighted by atomic mass is 16.2. The number of likely N-dealkylation sites (tertiary alicyclic amines) is 1. The number of aryl methyl sites for hydroxylation is 3. The van der Waals surface area contributed by atoms with Gasteiger partial charge in [0.05, 0.1) is 18.0 Å². The lowest BCUT2D eigenvalue weighted by molar-refractivity contribution is -0.131. The number of hydrogen-bond donors (Lipinski definition) is 4. The van der Waals surface area contributed by atoms with Crippen molar-refractivity contribution in [3.05, 3.63) is 118 Å². The van der Waals surface area contributed by atoms with E-state index >= 15 is 0 Å². The van der Waals surface area contributed by atoms with E-state index < -0.39 is 5.41 Å². The average Bonchev–Trinajstić information content (AvgIpc) is 3.52. The number of rotatable bonds is 11. The molecule has 3 aliphatic rings. The molecule has 11 nitrogen and oxygen atoms in total. The molecule has 0 bridgehead atoms. The molecule has 1 saturated heterocycles. The lowest BCUT2D eigenvalue weighted by Gasteiger charge is -2.38. The Labute approximate surface area is 292 Å². The molecule has 4 aromatic rings. The second kappa shape index (κ2) is 13.5. The summed E-state index contributed by atoms with van der Waals surface area (Å²) in [5, 5.41) is 35.3. The minimum Gasteiger partial charge on any atom is -0.388 e. The summed E-state index contributed by atoms with van der Waals surface area (Å²) in [5.74, 6) is 0.832. The maximum absolute atomic E-state index is 13.8. The molecule has 1 aromatic heterocycles. The van der Waals surface area contributed by atoms with Gasteiger partial charge in [0, 0.05) is 37.4 Å². The SMILES string of the molecule is C=C(NC)c1ccc2c(c1)CCc1cc(C(=O)NC)ccc1C2(C[C@@H](Cc1ccc(C)cc1)NCC(=O)N1C(C#N)C[C@@H]2CC21)c1nnn[nH]1. The van der Waals surface area contributed by atoms with Gasteiger partial charge < -0.3 is 20.9 Å². The molecular formula is C39H43N9O2. The Morgan fingerprint density at radius 1 is 1.02 bits per heavy atom. The number of fused-ring (bicyclic) bond motifs is 3. The first-order valence-corrected chi connectivity index (χ1v) is 17.4. The number of benzene rings is 3. The molecule has 2 amide bonds. The van der Waals surface area contributed by atoms with Crippen LogP contribution in [-0.4, -0.2) is 76.1 Å². The maximum Gasteiger partial charge on any atom is 0.251 e. The highest BCUT2D eigenvalue weighted by molar-refractivity contribution is 5.94. The number of amides is 2. The number of nitrogens with zero attached hydrogens (tertiary/aromatic N) is 5. The van der Waals surface area contributed by atoms with Crippen molar-refractivity contribution in [3.8, 4) is 6.07 Å². The van der Waals surface area contributed by atoms with E-state index in [0.29, 0.717) is 36.6 Å². The lowest BCUT2D eigenvalue weighted by Crippen LogP contribution is -2.48. The molecular weight excluding hydrogens is 626 g/mol. The van der Waals surface area contributed by atoms with Gasteiger partial charge in [0.15, 0.2) is 5.82 Å². The number of H-pyrrole nitrogens is 1. The van der Waals surface area contributed by atoms with Crippen molar-refractivity contribution < 1.29 is 9.59 Å². The zero-order valence-electron chi connectivity index (χ0n) is 28.8. The smallest absolute Gasteiger partial charge is 0.251 e. The topological polar surface area (TPSA) is 152 Å². The van der Waals surface area contributed by atoms with Crippen molar-refractivity contribution >= 4 is 17.5 Å². The molecule has 2 aliphatic carbocycles. The number of aromatic amines is 1. The van der Waals surface area contributed by atoms with Crippen molar-refractivity contribution in [1.29, 1.82) is 5.26 Å². The van der Waals surface area contributed by atoms with Crippen LogP contribution in [0.3, 0.4) is 0 Å². The van der Waals surface area contributed by atoms with E-state index in [1.54, 1.807) is 7.05 Å².